The Kier molecular flexibility index (Phi) is 3.26. The predicted molar refractivity (Wildman–Crippen MR) is 62.7 cm³/mol. The van der Waals surface area contributed by atoms with Crippen molar-refractivity contribution < 1.29 is 14.7 Å². The lowest BCUT2D eigenvalue weighted by Gasteiger charge is -2.38. The van der Waals surface area contributed by atoms with E-state index in [2.05, 4.69) is 12.2 Å². The van der Waals surface area contributed by atoms with Gasteiger partial charge >= 0.3 is 12.0 Å². The third kappa shape index (κ3) is 3.11. The van der Waals surface area contributed by atoms with Gasteiger partial charge in [0.1, 0.15) is 6.54 Å². The van der Waals surface area contributed by atoms with Crippen LogP contribution in [-0.2, 0) is 4.79 Å². The second-order valence-corrected chi connectivity index (χ2v) is 5.58. The van der Waals surface area contributed by atoms with Crippen molar-refractivity contribution >= 4 is 12.0 Å². The lowest BCUT2D eigenvalue weighted by Crippen LogP contribution is -2.48. The second-order valence-electron chi connectivity index (χ2n) is 5.58. The van der Waals surface area contributed by atoms with Gasteiger partial charge in [-0.05, 0) is 31.1 Å². The van der Waals surface area contributed by atoms with Gasteiger partial charge in [-0.3, -0.25) is 4.79 Å². The Morgan fingerprint density at radius 2 is 2.06 bits per heavy atom. The monoisotopic (exact) mass is 240 g/mol. The SMILES string of the molecule is CC1(CNC(=O)N(CC(=O)O)C2CC2)CCC1. The van der Waals surface area contributed by atoms with Crippen molar-refractivity contribution in [2.75, 3.05) is 13.1 Å². The normalized spacial score (nSPS) is 21.5. The maximum Gasteiger partial charge on any atom is 0.323 e. The van der Waals surface area contributed by atoms with E-state index in [1.54, 1.807) is 0 Å². The topological polar surface area (TPSA) is 69.6 Å². The van der Waals surface area contributed by atoms with Crippen molar-refractivity contribution in [1.82, 2.24) is 10.2 Å². The van der Waals surface area contributed by atoms with Gasteiger partial charge in [-0.1, -0.05) is 13.3 Å². The van der Waals surface area contributed by atoms with Crippen LogP contribution in [0.25, 0.3) is 0 Å². The fraction of sp³-hybridized carbons (Fsp3) is 0.833. The number of rotatable bonds is 5. The predicted octanol–water partition coefficient (Wildman–Crippen LogP) is 1.44. The van der Waals surface area contributed by atoms with Crippen LogP contribution in [0.1, 0.15) is 39.0 Å². The minimum Gasteiger partial charge on any atom is -0.480 e. The van der Waals surface area contributed by atoms with Crippen LogP contribution in [0.2, 0.25) is 0 Å². The average Bonchev–Trinajstić information content (AvgIpc) is 3.03. The molecule has 2 N–H and O–H groups in total. The molecule has 0 unspecified atom stereocenters. The summed E-state index contributed by atoms with van der Waals surface area (Å²) in [6, 6.07) is -0.0803. The number of carbonyl (C=O) groups is 2. The van der Waals surface area contributed by atoms with Gasteiger partial charge in [-0.25, -0.2) is 4.79 Å². The molecule has 17 heavy (non-hydrogen) atoms. The van der Waals surface area contributed by atoms with Crippen molar-refractivity contribution in [2.45, 2.75) is 45.1 Å². The van der Waals surface area contributed by atoms with Gasteiger partial charge in [0, 0.05) is 12.6 Å². The lowest BCUT2D eigenvalue weighted by molar-refractivity contribution is -0.137. The summed E-state index contributed by atoms with van der Waals surface area (Å²) < 4.78 is 0. The molecule has 0 aromatic rings. The summed E-state index contributed by atoms with van der Waals surface area (Å²) in [7, 11) is 0. The van der Waals surface area contributed by atoms with Crippen molar-refractivity contribution in [3.05, 3.63) is 0 Å². The minimum absolute atomic E-state index is 0.139. The number of carboxylic acids is 1. The number of urea groups is 1. The highest BCUT2D eigenvalue weighted by atomic mass is 16.4. The summed E-state index contributed by atoms with van der Waals surface area (Å²) in [6.07, 6.45) is 5.38. The zero-order chi connectivity index (χ0) is 12.5. The van der Waals surface area contributed by atoms with Gasteiger partial charge in [0.15, 0.2) is 0 Å². The molecule has 2 aliphatic rings. The molecule has 2 saturated carbocycles. The zero-order valence-corrected chi connectivity index (χ0v) is 10.2. The lowest BCUT2D eigenvalue weighted by atomic mass is 9.70. The smallest absolute Gasteiger partial charge is 0.323 e. The van der Waals surface area contributed by atoms with Gasteiger partial charge in [-0.15, -0.1) is 0 Å². The first kappa shape index (κ1) is 12.2. The Morgan fingerprint density at radius 3 is 2.47 bits per heavy atom. The quantitative estimate of drug-likeness (QED) is 0.764. The van der Waals surface area contributed by atoms with Crippen LogP contribution >= 0.6 is 0 Å². The van der Waals surface area contributed by atoms with Gasteiger partial charge in [0.05, 0.1) is 0 Å². The van der Waals surface area contributed by atoms with Crippen molar-refractivity contribution in [3.8, 4) is 0 Å². The van der Waals surface area contributed by atoms with Gasteiger partial charge in [-0.2, -0.15) is 0 Å². The first-order valence-electron chi connectivity index (χ1n) is 6.26. The number of hydrogen-bond acceptors (Lipinski definition) is 2. The molecule has 96 valence electrons. The Morgan fingerprint density at radius 1 is 1.41 bits per heavy atom. The van der Waals surface area contributed by atoms with Crippen molar-refractivity contribution in [3.63, 3.8) is 0 Å². The minimum atomic E-state index is -0.943. The molecule has 0 aromatic heterocycles. The van der Waals surface area contributed by atoms with Crippen LogP contribution < -0.4 is 5.32 Å². The number of amides is 2. The molecule has 2 rings (SSSR count). The van der Waals surface area contributed by atoms with E-state index >= 15 is 0 Å². The third-order valence-electron chi connectivity index (χ3n) is 3.78. The summed E-state index contributed by atoms with van der Waals surface area (Å²) in [4.78, 5) is 24.0. The number of nitrogens with one attached hydrogen (secondary N) is 1. The standard InChI is InChI=1S/C12H20N2O3/c1-12(5-2-6-12)8-13-11(17)14(7-10(15)16)9-3-4-9/h9H,2-8H2,1H3,(H,13,17)(H,15,16). The summed E-state index contributed by atoms with van der Waals surface area (Å²) in [6.45, 7) is 2.64. The van der Waals surface area contributed by atoms with Crippen LogP contribution in [0.4, 0.5) is 4.79 Å². The summed E-state index contributed by atoms with van der Waals surface area (Å²) in [5.74, 6) is -0.943. The highest BCUT2D eigenvalue weighted by Gasteiger charge is 2.36. The number of aliphatic carboxylic acids is 1. The fourth-order valence-corrected chi connectivity index (χ4v) is 2.25. The van der Waals surface area contributed by atoms with Crippen LogP contribution in [0.5, 0.6) is 0 Å². The van der Waals surface area contributed by atoms with Crippen LogP contribution in [0, 0.1) is 5.41 Å². The van der Waals surface area contributed by atoms with E-state index in [1.807, 2.05) is 0 Å². The van der Waals surface area contributed by atoms with E-state index in [4.69, 9.17) is 5.11 Å². The van der Waals surface area contributed by atoms with E-state index in [1.165, 1.54) is 11.3 Å². The van der Waals surface area contributed by atoms with E-state index in [0.29, 0.717) is 6.54 Å². The Labute approximate surface area is 101 Å². The maximum atomic E-state index is 11.9. The fourth-order valence-electron chi connectivity index (χ4n) is 2.25. The number of carboxylic acid groups (broad SMARTS) is 1. The number of hydrogen-bond donors (Lipinski definition) is 2. The summed E-state index contributed by atoms with van der Waals surface area (Å²) >= 11 is 0. The first-order valence-corrected chi connectivity index (χ1v) is 6.26. The van der Waals surface area contributed by atoms with Crippen molar-refractivity contribution in [1.29, 1.82) is 0 Å². The van der Waals surface area contributed by atoms with E-state index in [-0.39, 0.29) is 24.0 Å². The Balaban J connectivity index is 1.81. The molecule has 0 atom stereocenters. The van der Waals surface area contributed by atoms with E-state index in [0.717, 1.165) is 25.7 Å². The van der Waals surface area contributed by atoms with E-state index in [9.17, 15) is 9.59 Å². The molecule has 2 amide bonds. The molecule has 2 fully saturated rings. The molecule has 0 spiro atoms. The molecule has 5 nitrogen and oxygen atoms in total. The largest absolute Gasteiger partial charge is 0.480 e. The molecule has 0 bridgehead atoms. The molecule has 0 heterocycles. The van der Waals surface area contributed by atoms with Crippen LogP contribution in [-0.4, -0.2) is 41.1 Å². The molecular formula is C12H20N2O3. The Bertz CT molecular complexity index is 322. The second kappa shape index (κ2) is 4.55. The molecule has 0 aromatic carbocycles. The third-order valence-corrected chi connectivity index (χ3v) is 3.78. The highest BCUT2D eigenvalue weighted by Crippen LogP contribution is 2.39. The summed E-state index contributed by atoms with van der Waals surface area (Å²) in [5.41, 5.74) is 0.230. The molecule has 2 aliphatic carbocycles. The zero-order valence-electron chi connectivity index (χ0n) is 10.2. The summed E-state index contributed by atoms with van der Waals surface area (Å²) in [5, 5.41) is 11.6. The average molecular weight is 240 g/mol. The highest BCUT2D eigenvalue weighted by molar-refractivity contribution is 5.80. The number of nitrogens with zero attached hydrogens (tertiary/aromatic N) is 1. The number of carbonyl (C=O) groups excluding carboxylic acids is 1. The van der Waals surface area contributed by atoms with Gasteiger partial charge in [0.25, 0.3) is 0 Å². The molecule has 0 radical (unpaired) electrons. The van der Waals surface area contributed by atoms with Crippen LogP contribution in [0.15, 0.2) is 0 Å². The Hall–Kier alpha value is -1.26. The molecule has 0 aliphatic heterocycles. The van der Waals surface area contributed by atoms with Gasteiger partial charge in [0.2, 0.25) is 0 Å². The molecule has 0 saturated heterocycles. The van der Waals surface area contributed by atoms with Crippen LogP contribution in [0.3, 0.4) is 0 Å². The maximum absolute atomic E-state index is 11.9. The van der Waals surface area contributed by atoms with Crippen molar-refractivity contribution in [2.24, 2.45) is 5.41 Å². The molecular weight excluding hydrogens is 220 g/mol. The van der Waals surface area contributed by atoms with E-state index < -0.39 is 5.97 Å². The first-order chi connectivity index (χ1) is 8.00. The molecule has 5 heteroatoms. The van der Waals surface area contributed by atoms with Gasteiger partial charge < -0.3 is 15.3 Å².